The molecule has 0 saturated carbocycles. The van der Waals surface area contributed by atoms with Crippen LogP contribution in [0.2, 0.25) is 0 Å². The maximum atomic E-state index is 14.3. The van der Waals surface area contributed by atoms with Crippen LogP contribution >= 0.6 is 15.9 Å². The van der Waals surface area contributed by atoms with E-state index in [1.165, 1.54) is 24.4 Å². The summed E-state index contributed by atoms with van der Waals surface area (Å²) in [6.07, 6.45) is 1.50. The number of nitrogens with one attached hydrogen (secondary N) is 1. The van der Waals surface area contributed by atoms with Crippen molar-refractivity contribution in [3.8, 4) is 0 Å². The highest BCUT2D eigenvalue weighted by Crippen LogP contribution is 2.31. The van der Waals surface area contributed by atoms with Gasteiger partial charge in [0.05, 0.1) is 0 Å². The first kappa shape index (κ1) is 17.3. The smallest absolute Gasteiger partial charge is 0.247 e. The lowest BCUT2D eigenvalue weighted by Gasteiger charge is -2.18. The van der Waals surface area contributed by atoms with Crippen molar-refractivity contribution in [1.82, 2.24) is 4.98 Å². The summed E-state index contributed by atoms with van der Waals surface area (Å²) in [5.41, 5.74) is 1.46. The summed E-state index contributed by atoms with van der Waals surface area (Å²) < 4.78 is 15.3. The third kappa shape index (κ3) is 4.12. The van der Waals surface area contributed by atoms with E-state index in [1.54, 1.807) is 18.2 Å². The van der Waals surface area contributed by atoms with Crippen molar-refractivity contribution in [3.05, 3.63) is 104 Å². The number of H-pyrrole nitrogens is 1. The van der Waals surface area contributed by atoms with Crippen LogP contribution in [-0.2, 0) is 0 Å². The Kier molecular flexibility index (Phi) is 5.24. The Labute approximate surface area is 152 Å². The van der Waals surface area contributed by atoms with Gasteiger partial charge in [0.1, 0.15) is 5.82 Å². The SMILES string of the molecule is O=C(CC(c1ccc(Br)cc1)c1ccccc1F)c1ccc(=O)[nH]c1. The summed E-state index contributed by atoms with van der Waals surface area (Å²) >= 11 is 3.38. The summed E-state index contributed by atoms with van der Waals surface area (Å²) in [5, 5.41) is 0. The lowest BCUT2D eigenvalue weighted by atomic mass is 9.86. The summed E-state index contributed by atoms with van der Waals surface area (Å²) in [6.45, 7) is 0. The van der Waals surface area contributed by atoms with E-state index < -0.39 is 5.92 Å². The van der Waals surface area contributed by atoms with Gasteiger partial charge in [-0.15, -0.1) is 0 Å². The van der Waals surface area contributed by atoms with Gasteiger partial charge in [0.2, 0.25) is 5.56 Å². The van der Waals surface area contributed by atoms with Gasteiger partial charge in [-0.05, 0) is 35.4 Å². The molecule has 0 aliphatic heterocycles. The van der Waals surface area contributed by atoms with Crippen molar-refractivity contribution < 1.29 is 9.18 Å². The molecule has 0 radical (unpaired) electrons. The van der Waals surface area contributed by atoms with Gasteiger partial charge < -0.3 is 4.98 Å². The lowest BCUT2D eigenvalue weighted by molar-refractivity contribution is 0.0977. The van der Waals surface area contributed by atoms with Crippen molar-refractivity contribution in [3.63, 3.8) is 0 Å². The zero-order valence-corrected chi connectivity index (χ0v) is 14.8. The van der Waals surface area contributed by atoms with Crippen LogP contribution in [0.1, 0.15) is 33.8 Å². The van der Waals surface area contributed by atoms with Gasteiger partial charge in [-0.25, -0.2) is 4.39 Å². The molecule has 1 aromatic heterocycles. The third-order valence-corrected chi connectivity index (χ3v) is 4.58. The molecule has 0 spiro atoms. The van der Waals surface area contributed by atoms with Crippen LogP contribution < -0.4 is 5.56 Å². The average Bonchev–Trinajstić information content (AvgIpc) is 2.62. The number of Topliss-reactive ketones (excluding diaryl/α,β-unsaturated/α-hetero) is 1. The molecule has 126 valence electrons. The number of hydrogen-bond donors (Lipinski definition) is 1. The Hall–Kier alpha value is -2.53. The van der Waals surface area contributed by atoms with E-state index in [0.29, 0.717) is 11.1 Å². The Balaban J connectivity index is 1.98. The van der Waals surface area contributed by atoms with Crippen LogP contribution in [0.3, 0.4) is 0 Å². The quantitative estimate of drug-likeness (QED) is 0.633. The second-order valence-corrected chi connectivity index (χ2v) is 6.61. The fourth-order valence-electron chi connectivity index (χ4n) is 2.75. The molecule has 25 heavy (non-hydrogen) atoms. The average molecular weight is 400 g/mol. The lowest BCUT2D eigenvalue weighted by Crippen LogP contribution is -2.12. The minimum Gasteiger partial charge on any atom is -0.328 e. The largest absolute Gasteiger partial charge is 0.328 e. The minimum atomic E-state index is -0.409. The second-order valence-electron chi connectivity index (χ2n) is 5.69. The molecule has 0 aliphatic carbocycles. The van der Waals surface area contributed by atoms with Crippen LogP contribution in [0.5, 0.6) is 0 Å². The number of rotatable bonds is 5. The number of aromatic nitrogens is 1. The van der Waals surface area contributed by atoms with Gasteiger partial charge in [-0.1, -0.05) is 46.3 Å². The van der Waals surface area contributed by atoms with Crippen molar-refractivity contribution in [2.75, 3.05) is 0 Å². The van der Waals surface area contributed by atoms with Crippen LogP contribution in [0.4, 0.5) is 4.39 Å². The van der Waals surface area contributed by atoms with E-state index in [2.05, 4.69) is 20.9 Å². The predicted molar refractivity (Wildman–Crippen MR) is 98.4 cm³/mol. The number of carbonyl (C=O) groups is 1. The van der Waals surface area contributed by atoms with Gasteiger partial charge in [0, 0.05) is 34.6 Å². The molecule has 3 aromatic rings. The first-order chi connectivity index (χ1) is 12.0. The number of pyridine rings is 1. The number of carbonyl (C=O) groups excluding carboxylic acids is 1. The normalized spacial score (nSPS) is 11.9. The van der Waals surface area contributed by atoms with E-state index in [4.69, 9.17) is 0 Å². The second kappa shape index (κ2) is 7.57. The van der Waals surface area contributed by atoms with Crippen LogP contribution in [-0.4, -0.2) is 10.8 Å². The van der Waals surface area contributed by atoms with E-state index >= 15 is 0 Å². The van der Waals surface area contributed by atoms with Crippen molar-refractivity contribution in [2.45, 2.75) is 12.3 Å². The van der Waals surface area contributed by atoms with E-state index in [0.717, 1.165) is 10.0 Å². The Morgan fingerprint density at radius 3 is 2.40 bits per heavy atom. The highest BCUT2D eigenvalue weighted by atomic mass is 79.9. The maximum absolute atomic E-state index is 14.3. The van der Waals surface area contributed by atoms with Crippen LogP contribution in [0, 0.1) is 5.82 Å². The summed E-state index contributed by atoms with van der Waals surface area (Å²) in [6, 6.07) is 16.8. The standard InChI is InChI=1S/C20H15BrFNO2/c21-15-8-5-13(6-9-15)17(16-3-1-2-4-18(16)22)11-19(24)14-7-10-20(25)23-12-14/h1-10,12,17H,11H2,(H,23,25). The molecule has 0 bridgehead atoms. The number of halogens is 2. The fourth-order valence-corrected chi connectivity index (χ4v) is 3.01. The van der Waals surface area contributed by atoms with Gasteiger partial charge in [-0.3, -0.25) is 9.59 Å². The zero-order valence-electron chi connectivity index (χ0n) is 13.2. The van der Waals surface area contributed by atoms with E-state index in [9.17, 15) is 14.0 Å². The molecule has 0 amide bonds. The fraction of sp³-hybridized carbons (Fsp3) is 0.100. The van der Waals surface area contributed by atoms with Gasteiger partial charge in [0.15, 0.2) is 5.78 Å². The first-order valence-corrected chi connectivity index (χ1v) is 8.56. The van der Waals surface area contributed by atoms with Gasteiger partial charge in [0.25, 0.3) is 0 Å². The highest BCUT2D eigenvalue weighted by Gasteiger charge is 2.22. The molecule has 1 unspecified atom stereocenters. The summed E-state index contributed by atoms with van der Waals surface area (Å²) in [4.78, 5) is 26.3. The molecular formula is C20H15BrFNO2. The Morgan fingerprint density at radius 2 is 1.76 bits per heavy atom. The minimum absolute atomic E-state index is 0.106. The molecule has 2 aromatic carbocycles. The molecular weight excluding hydrogens is 385 g/mol. The number of hydrogen-bond acceptors (Lipinski definition) is 2. The van der Waals surface area contributed by atoms with Gasteiger partial charge >= 0.3 is 0 Å². The van der Waals surface area contributed by atoms with Gasteiger partial charge in [-0.2, -0.15) is 0 Å². The molecule has 0 saturated heterocycles. The van der Waals surface area contributed by atoms with Crippen molar-refractivity contribution in [1.29, 1.82) is 0 Å². The first-order valence-electron chi connectivity index (χ1n) is 7.76. The Morgan fingerprint density at radius 1 is 1.04 bits per heavy atom. The number of benzene rings is 2. The third-order valence-electron chi connectivity index (χ3n) is 4.05. The molecule has 0 aliphatic rings. The zero-order chi connectivity index (χ0) is 17.8. The predicted octanol–water partition coefficient (Wildman–Crippen LogP) is 4.68. The molecule has 1 N–H and O–H groups in total. The molecule has 3 rings (SSSR count). The van der Waals surface area contributed by atoms with Crippen molar-refractivity contribution in [2.24, 2.45) is 0 Å². The van der Waals surface area contributed by atoms with E-state index in [-0.39, 0.29) is 23.6 Å². The van der Waals surface area contributed by atoms with E-state index in [1.807, 2.05) is 24.3 Å². The summed E-state index contributed by atoms with van der Waals surface area (Å²) in [5.74, 6) is -0.911. The Bertz CT molecular complexity index is 930. The number of aromatic amines is 1. The van der Waals surface area contributed by atoms with Crippen molar-refractivity contribution >= 4 is 21.7 Å². The molecule has 1 heterocycles. The highest BCUT2D eigenvalue weighted by molar-refractivity contribution is 9.10. The molecule has 1 atom stereocenters. The number of ketones is 1. The maximum Gasteiger partial charge on any atom is 0.247 e. The molecule has 3 nitrogen and oxygen atoms in total. The monoisotopic (exact) mass is 399 g/mol. The topological polar surface area (TPSA) is 49.9 Å². The van der Waals surface area contributed by atoms with Crippen LogP contribution in [0.25, 0.3) is 0 Å². The molecule has 0 fully saturated rings. The summed E-state index contributed by atoms with van der Waals surface area (Å²) in [7, 11) is 0. The van der Waals surface area contributed by atoms with Crippen LogP contribution in [0.15, 0.2) is 76.1 Å². The molecule has 5 heteroatoms.